The molecule has 0 aliphatic heterocycles. The monoisotopic (exact) mass is 155 g/mol. The minimum Gasteiger partial charge on any atom is -0.391 e. The van der Waals surface area contributed by atoms with Crippen LogP contribution in [0.15, 0.2) is 11.0 Å². The van der Waals surface area contributed by atoms with Crippen molar-refractivity contribution in [3.05, 3.63) is 22.2 Å². The normalized spacial score (nSPS) is 10.0. The maximum atomic E-state index is 10.8. The van der Waals surface area contributed by atoms with Gasteiger partial charge in [0, 0.05) is 18.8 Å². The van der Waals surface area contributed by atoms with Gasteiger partial charge in [-0.1, -0.05) is 0 Å². The van der Waals surface area contributed by atoms with Gasteiger partial charge in [0.05, 0.1) is 6.61 Å². The molecule has 0 atom stereocenters. The molecule has 5 nitrogen and oxygen atoms in total. The average molecular weight is 155 g/mol. The van der Waals surface area contributed by atoms with Gasteiger partial charge < -0.3 is 10.8 Å². The lowest BCUT2D eigenvalue weighted by Crippen LogP contribution is -2.23. The summed E-state index contributed by atoms with van der Waals surface area (Å²) in [5, 5.41) is 8.70. The fourth-order valence-corrected chi connectivity index (χ4v) is 0.726. The smallest absolute Gasteiger partial charge is 0.348 e. The third-order valence-electron chi connectivity index (χ3n) is 1.48. The summed E-state index contributed by atoms with van der Waals surface area (Å²) in [7, 11) is 1.50. The molecule has 0 radical (unpaired) electrons. The predicted octanol–water partition coefficient (Wildman–Crippen LogP) is -1.15. The number of nitrogen functional groups attached to an aromatic ring is 1. The molecule has 0 spiro atoms. The molecule has 5 heteroatoms. The molecule has 60 valence electrons. The summed E-state index contributed by atoms with van der Waals surface area (Å²) >= 11 is 0. The predicted molar refractivity (Wildman–Crippen MR) is 39.8 cm³/mol. The van der Waals surface area contributed by atoms with Crippen molar-refractivity contribution in [3.8, 4) is 0 Å². The van der Waals surface area contributed by atoms with Gasteiger partial charge >= 0.3 is 5.69 Å². The van der Waals surface area contributed by atoms with E-state index in [1.165, 1.54) is 17.8 Å². The number of aliphatic hydroxyl groups excluding tert-OH is 1. The van der Waals surface area contributed by atoms with Crippen LogP contribution in [-0.4, -0.2) is 14.7 Å². The molecule has 1 aromatic rings. The third kappa shape index (κ3) is 1.22. The van der Waals surface area contributed by atoms with Crippen molar-refractivity contribution in [1.29, 1.82) is 0 Å². The average Bonchev–Trinajstić information content (AvgIpc) is 2.01. The Hall–Kier alpha value is -1.36. The molecular formula is C6H9N3O2. The van der Waals surface area contributed by atoms with Gasteiger partial charge in [0.2, 0.25) is 0 Å². The van der Waals surface area contributed by atoms with E-state index in [0.717, 1.165) is 0 Å². The van der Waals surface area contributed by atoms with Gasteiger partial charge in [-0.2, -0.15) is 0 Å². The Morgan fingerprint density at radius 3 is 3.00 bits per heavy atom. The summed E-state index contributed by atoms with van der Waals surface area (Å²) in [5.74, 6) is 0.257. The molecule has 3 N–H and O–H groups in total. The van der Waals surface area contributed by atoms with Crippen LogP contribution in [0.1, 0.15) is 5.56 Å². The number of hydrogen-bond donors (Lipinski definition) is 2. The maximum absolute atomic E-state index is 10.8. The van der Waals surface area contributed by atoms with E-state index in [0.29, 0.717) is 5.56 Å². The lowest BCUT2D eigenvalue weighted by molar-refractivity contribution is 0.281. The lowest BCUT2D eigenvalue weighted by atomic mass is 10.3. The Morgan fingerprint density at radius 2 is 2.45 bits per heavy atom. The first kappa shape index (κ1) is 7.74. The molecule has 1 aromatic heterocycles. The van der Waals surface area contributed by atoms with Crippen LogP contribution in [0.5, 0.6) is 0 Å². The highest BCUT2D eigenvalue weighted by Crippen LogP contribution is 2.04. The van der Waals surface area contributed by atoms with E-state index >= 15 is 0 Å². The topological polar surface area (TPSA) is 81.1 Å². The molecule has 0 saturated carbocycles. The first-order valence-electron chi connectivity index (χ1n) is 3.08. The molecule has 1 heterocycles. The van der Waals surface area contributed by atoms with Crippen LogP contribution < -0.4 is 11.4 Å². The first-order chi connectivity index (χ1) is 5.16. The lowest BCUT2D eigenvalue weighted by Gasteiger charge is -2.04. The van der Waals surface area contributed by atoms with Crippen LogP contribution in [0, 0.1) is 0 Å². The fraction of sp³-hybridized carbons (Fsp3) is 0.333. The van der Waals surface area contributed by atoms with E-state index in [1.54, 1.807) is 0 Å². The number of hydrogen-bond acceptors (Lipinski definition) is 4. The molecule has 0 fully saturated rings. The second kappa shape index (κ2) is 2.71. The van der Waals surface area contributed by atoms with E-state index in [4.69, 9.17) is 10.8 Å². The highest BCUT2D eigenvalue weighted by atomic mass is 16.3. The van der Waals surface area contributed by atoms with Crippen molar-refractivity contribution in [2.75, 3.05) is 5.73 Å². The zero-order chi connectivity index (χ0) is 8.43. The van der Waals surface area contributed by atoms with Gasteiger partial charge in [-0.15, -0.1) is 0 Å². The second-order valence-electron chi connectivity index (χ2n) is 2.17. The SMILES string of the molecule is Cn1c(N)c(CO)cnc1=O. The van der Waals surface area contributed by atoms with Crippen molar-refractivity contribution in [3.63, 3.8) is 0 Å². The van der Waals surface area contributed by atoms with Gasteiger partial charge in [-0.05, 0) is 0 Å². The Balaban J connectivity index is 3.37. The van der Waals surface area contributed by atoms with Crippen molar-refractivity contribution >= 4 is 5.82 Å². The Bertz CT molecular complexity index is 318. The molecule has 1 rings (SSSR count). The van der Waals surface area contributed by atoms with Crippen LogP contribution in [0.2, 0.25) is 0 Å². The summed E-state index contributed by atoms with van der Waals surface area (Å²) in [6, 6.07) is 0. The van der Waals surface area contributed by atoms with Crippen LogP contribution in [0.25, 0.3) is 0 Å². The summed E-state index contributed by atoms with van der Waals surface area (Å²) in [6.45, 7) is -0.201. The molecule has 0 unspecified atom stereocenters. The van der Waals surface area contributed by atoms with E-state index in [1.807, 2.05) is 0 Å². The largest absolute Gasteiger partial charge is 0.391 e. The van der Waals surface area contributed by atoms with Gasteiger partial charge in [0.25, 0.3) is 0 Å². The summed E-state index contributed by atoms with van der Waals surface area (Å²) < 4.78 is 1.19. The van der Waals surface area contributed by atoms with Crippen LogP contribution in [0.4, 0.5) is 5.82 Å². The number of nitrogens with two attached hydrogens (primary N) is 1. The molecule has 0 bridgehead atoms. The van der Waals surface area contributed by atoms with Gasteiger partial charge in [-0.25, -0.2) is 9.78 Å². The third-order valence-corrected chi connectivity index (χ3v) is 1.48. The van der Waals surface area contributed by atoms with Gasteiger partial charge in [-0.3, -0.25) is 4.57 Å². The number of aliphatic hydroxyl groups is 1. The first-order valence-corrected chi connectivity index (χ1v) is 3.08. The molecule has 0 aromatic carbocycles. The van der Waals surface area contributed by atoms with Crippen molar-refractivity contribution in [1.82, 2.24) is 9.55 Å². The van der Waals surface area contributed by atoms with Gasteiger partial charge in [0.15, 0.2) is 0 Å². The van der Waals surface area contributed by atoms with E-state index in [2.05, 4.69) is 4.98 Å². The molecule has 11 heavy (non-hydrogen) atoms. The van der Waals surface area contributed by atoms with Crippen molar-refractivity contribution < 1.29 is 5.11 Å². The highest BCUT2D eigenvalue weighted by molar-refractivity contribution is 5.37. The van der Waals surface area contributed by atoms with Crippen LogP contribution in [-0.2, 0) is 13.7 Å². The zero-order valence-corrected chi connectivity index (χ0v) is 6.11. The number of rotatable bonds is 1. The second-order valence-corrected chi connectivity index (χ2v) is 2.17. The van der Waals surface area contributed by atoms with E-state index in [-0.39, 0.29) is 12.4 Å². The maximum Gasteiger partial charge on any atom is 0.348 e. The molecule has 0 aliphatic carbocycles. The Labute approximate surface area is 63.1 Å². The Morgan fingerprint density at radius 1 is 1.82 bits per heavy atom. The number of anilines is 1. The standard InChI is InChI=1S/C6H9N3O2/c1-9-5(7)4(3-10)2-8-6(9)11/h2,10H,3,7H2,1H3. The van der Waals surface area contributed by atoms with Crippen molar-refractivity contribution in [2.45, 2.75) is 6.61 Å². The fourth-order valence-electron chi connectivity index (χ4n) is 0.726. The molecule has 0 aliphatic rings. The highest BCUT2D eigenvalue weighted by Gasteiger charge is 2.01. The molecule has 0 saturated heterocycles. The minimum absolute atomic E-state index is 0.201. The summed E-state index contributed by atoms with van der Waals surface area (Å²) in [6.07, 6.45) is 1.28. The van der Waals surface area contributed by atoms with E-state index < -0.39 is 5.69 Å². The molecular weight excluding hydrogens is 146 g/mol. The number of nitrogens with zero attached hydrogens (tertiary/aromatic N) is 2. The van der Waals surface area contributed by atoms with E-state index in [9.17, 15) is 4.79 Å². The quantitative estimate of drug-likeness (QED) is 0.536. The van der Waals surface area contributed by atoms with Crippen LogP contribution in [0.3, 0.4) is 0 Å². The Kier molecular flexibility index (Phi) is 1.91. The van der Waals surface area contributed by atoms with Crippen LogP contribution >= 0.6 is 0 Å². The van der Waals surface area contributed by atoms with Gasteiger partial charge in [0.1, 0.15) is 5.82 Å². The zero-order valence-electron chi connectivity index (χ0n) is 6.11. The van der Waals surface area contributed by atoms with Crippen molar-refractivity contribution in [2.24, 2.45) is 7.05 Å². The molecule has 0 amide bonds. The summed E-state index contributed by atoms with van der Waals surface area (Å²) in [5.41, 5.74) is 5.50. The summed E-state index contributed by atoms with van der Waals surface area (Å²) in [4.78, 5) is 14.3. The number of aromatic nitrogens is 2. The minimum atomic E-state index is -0.417.